The van der Waals surface area contributed by atoms with Crippen LogP contribution in [0.4, 0.5) is 5.69 Å². The van der Waals surface area contributed by atoms with Gasteiger partial charge in [0.1, 0.15) is 0 Å². The largest absolute Gasteiger partial charge is 0.354 e. The number of likely N-dealkylation sites (tertiary alicyclic amines) is 1. The highest BCUT2D eigenvalue weighted by Gasteiger charge is 2.25. The van der Waals surface area contributed by atoms with E-state index in [0.717, 1.165) is 68.3 Å². The molecule has 0 aliphatic carbocycles. The molecule has 0 aromatic heterocycles. The van der Waals surface area contributed by atoms with E-state index < -0.39 is 0 Å². The minimum absolute atomic E-state index is 0.0957. The number of anilines is 1. The van der Waals surface area contributed by atoms with Gasteiger partial charge in [0.05, 0.1) is 6.54 Å². The van der Waals surface area contributed by atoms with Crippen molar-refractivity contribution < 1.29 is 9.59 Å². The van der Waals surface area contributed by atoms with Crippen LogP contribution in [0, 0.1) is 5.92 Å². The van der Waals surface area contributed by atoms with Gasteiger partial charge in [-0.3, -0.25) is 14.6 Å². The molecule has 1 fully saturated rings. The number of hydrogen-bond acceptors (Lipinski definition) is 6. The van der Waals surface area contributed by atoms with Crippen molar-refractivity contribution >= 4 is 23.2 Å². The van der Waals surface area contributed by atoms with E-state index in [9.17, 15) is 9.59 Å². The number of Topliss-reactive ketones (excluding diaryl/α,β-unsaturated/α-hetero) is 2. The minimum atomic E-state index is 0.0957. The van der Waals surface area contributed by atoms with Gasteiger partial charge in [-0.25, -0.2) is 0 Å². The Morgan fingerprint density at radius 3 is 2.40 bits per heavy atom. The lowest BCUT2D eigenvalue weighted by molar-refractivity contribution is 0.0822. The Hall–Kier alpha value is -2.99. The van der Waals surface area contributed by atoms with E-state index >= 15 is 0 Å². The topological polar surface area (TPSA) is 73.8 Å². The van der Waals surface area contributed by atoms with E-state index in [4.69, 9.17) is 0 Å². The third kappa shape index (κ3) is 5.13. The fraction of sp³-hybridized carbons (Fsp3) is 0.375. The molecule has 0 unspecified atom stereocenters. The van der Waals surface area contributed by atoms with Crippen LogP contribution >= 0.6 is 0 Å². The first-order valence-corrected chi connectivity index (χ1v) is 10.7. The first-order valence-electron chi connectivity index (χ1n) is 10.7. The first-order chi connectivity index (χ1) is 14.7. The Morgan fingerprint density at radius 1 is 1.00 bits per heavy atom. The number of hydrogen-bond donors (Lipinski definition) is 2. The predicted octanol–water partition coefficient (Wildman–Crippen LogP) is 3.23. The number of ketones is 2. The average Bonchev–Trinajstić information content (AvgIpc) is 3.31. The molecule has 2 aromatic rings. The highest BCUT2D eigenvalue weighted by molar-refractivity contribution is 5.98. The lowest BCUT2D eigenvalue weighted by Gasteiger charge is -2.31. The summed E-state index contributed by atoms with van der Waals surface area (Å²) in [6.45, 7) is 4.13. The zero-order valence-corrected chi connectivity index (χ0v) is 17.1. The number of carbonyl (C=O) groups is 2. The fourth-order valence-corrected chi connectivity index (χ4v) is 4.02. The fourth-order valence-electron chi connectivity index (χ4n) is 4.02. The summed E-state index contributed by atoms with van der Waals surface area (Å²) in [6, 6.07) is 17.1. The van der Waals surface area contributed by atoms with Crippen LogP contribution in [0.5, 0.6) is 0 Å². The Kier molecular flexibility index (Phi) is 6.54. The summed E-state index contributed by atoms with van der Waals surface area (Å²) < 4.78 is 0. The van der Waals surface area contributed by atoms with Crippen LogP contribution in [0.3, 0.4) is 0 Å². The number of piperidine rings is 1. The van der Waals surface area contributed by atoms with Crippen molar-refractivity contribution in [3.63, 3.8) is 0 Å². The van der Waals surface area contributed by atoms with Gasteiger partial charge in [0.15, 0.2) is 17.5 Å². The summed E-state index contributed by atoms with van der Waals surface area (Å²) in [5.41, 5.74) is 2.46. The van der Waals surface area contributed by atoms with Crippen molar-refractivity contribution in [1.82, 2.24) is 10.2 Å². The molecule has 0 spiro atoms. The molecule has 2 aromatic carbocycles. The van der Waals surface area contributed by atoms with E-state index in [1.807, 2.05) is 54.6 Å². The second-order valence-electron chi connectivity index (χ2n) is 7.88. The van der Waals surface area contributed by atoms with Crippen molar-refractivity contribution in [1.29, 1.82) is 0 Å². The standard InChI is InChI=1S/C24H28N4O2/c29-22(18-6-8-21(9-7-18)27-24-25-13-14-26-24)12-17-28-15-10-20(11-16-28)23(30)19-4-2-1-3-5-19/h1-9,20H,10-17H2,(H2,25,26,27). The third-order valence-electron chi connectivity index (χ3n) is 5.82. The van der Waals surface area contributed by atoms with E-state index in [0.29, 0.717) is 6.42 Å². The second kappa shape index (κ2) is 9.67. The van der Waals surface area contributed by atoms with Gasteiger partial charge < -0.3 is 15.5 Å². The molecular weight excluding hydrogens is 376 g/mol. The maximum atomic E-state index is 12.6. The SMILES string of the molecule is O=C(CCN1CCC(C(=O)c2ccccc2)CC1)c1ccc(NC2=NCCN2)cc1. The first kappa shape index (κ1) is 20.3. The molecule has 0 atom stereocenters. The Balaban J connectivity index is 1.21. The molecule has 2 aliphatic rings. The molecule has 0 bridgehead atoms. The van der Waals surface area contributed by atoms with Crippen molar-refractivity contribution in [3.05, 3.63) is 65.7 Å². The predicted molar refractivity (Wildman–Crippen MR) is 119 cm³/mol. The Labute approximate surface area is 177 Å². The van der Waals surface area contributed by atoms with Gasteiger partial charge in [-0.05, 0) is 50.2 Å². The normalized spacial score (nSPS) is 17.3. The molecule has 4 rings (SSSR count). The summed E-state index contributed by atoms with van der Waals surface area (Å²) in [4.78, 5) is 31.8. The Morgan fingerprint density at radius 2 is 1.73 bits per heavy atom. The smallest absolute Gasteiger partial charge is 0.195 e. The van der Waals surface area contributed by atoms with Gasteiger partial charge in [-0.2, -0.15) is 0 Å². The summed E-state index contributed by atoms with van der Waals surface area (Å²) in [7, 11) is 0. The number of nitrogens with zero attached hydrogens (tertiary/aromatic N) is 2. The highest BCUT2D eigenvalue weighted by Crippen LogP contribution is 2.22. The quantitative estimate of drug-likeness (QED) is 0.693. The number of aliphatic imine (C=N–C) groups is 1. The van der Waals surface area contributed by atoms with E-state index in [1.165, 1.54) is 0 Å². The minimum Gasteiger partial charge on any atom is -0.354 e. The number of nitrogens with one attached hydrogen (secondary N) is 2. The lowest BCUT2D eigenvalue weighted by atomic mass is 9.89. The van der Waals surface area contributed by atoms with Crippen molar-refractivity contribution in [3.8, 4) is 0 Å². The van der Waals surface area contributed by atoms with E-state index in [-0.39, 0.29) is 17.5 Å². The van der Waals surface area contributed by atoms with Crippen LogP contribution in [0.25, 0.3) is 0 Å². The molecule has 6 heteroatoms. The lowest BCUT2D eigenvalue weighted by Crippen LogP contribution is -2.37. The van der Waals surface area contributed by atoms with Crippen LogP contribution < -0.4 is 10.6 Å². The summed E-state index contributed by atoms with van der Waals surface area (Å²) in [6.07, 6.45) is 2.22. The molecular formula is C24H28N4O2. The number of benzene rings is 2. The van der Waals surface area contributed by atoms with Crippen molar-refractivity contribution in [2.24, 2.45) is 10.9 Å². The average molecular weight is 405 g/mol. The molecule has 2 aliphatic heterocycles. The van der Waals surface area contributed by atoms with Gasteiger partial charge in [0, 0.05) is 42.2 Å². The van der Waals surface area contributed by atoms with E-state index in [1.54, 1.807) is 0 Å². The highest BCUT2D eigenvalue weighted by atomic mass is 16.1. The zero-order valence-electron chi connectivity index (χ0n) is 17.1. The molecule has 156 valence electrons. The monoisotopic (exact) mass is 404 g/mol. The summed E-state index contributed by atoms with van der Waals surface area (Å²) in [5, 5.41) is 6.37. The number of rotatable bonds is 7. The summed E-state index contributed by atoms with van der Waals surface area (Å²) >= 11 is 0. The molecule has 2 N–H and O–H groups in total. The van der Waals surface area contributed by atoms with Gasteiger partial charge in [-0.15, -0.1) is 0 Å². The van der Waals surface area contributed by atoms with Crippen LogP contribution in [0.15, 0.2) is 59.6 Å². The molecule has 0 amide bonds. The van der Waals surface area contributed by atoms with Crippen molar-refractivity contribution in [2.75, 3.05) is 38.0 Å². The molecule has 30 heavy (non-hydrogen) atoms. The van der Waals surface area contributed by atoms with Gasteiger partial charge in [-0.1, -0.05) is 30.3 Å². The summed E-state index contributed by atoms with van der Waals surface area (Å²) in [5.74, 6) is 1.28. The second-order valence-corrected chi connectivity index (χ2v) is 7.88. The molecule has 0 saturated carbocycles. The molecule has 6 nitrogen and oxygen atoms in total. The molecule has 1 saturated heterocycles. The molecule has 0 radical (unpaired) electrons. The van der Waals surface area contributed by atoms with Crippen LogP contribution in [0.2, 0.25) is 0 Å². The van der Waals surface area contributed by atoms with Gasteiger partial charge in [0.2, 0.25) is 0 Å². The van der Waals surface area contributed by atoms with Crippen LogP contribution in [-0.2, 0) is 0 Å². The van der Waals surface area contributed by atoms with Crippen molar-refractivity contribution in [2.45, 2.75) is 19.3 Å². The number of guanidine groups is 1. The van der Waals surface area contributed by atoms with Crippen LogP contribution in [0.1, 0.15) is 40.0 Å². The molecule has 2 heterocycles. The third-order valence-corrected chi connectivity index (χ3v) is 5.82. The Bertz CT molecular complexity index is 901. The van der Waals surface area contributed by atoms with Gasteiger partial charge in [0.25, 0.3) is 0 Å². The maximum Gasteiger partial charge on any atom is 0.195 e. The van der Waals surface area contributed by atoms with E-state index in [2.05, 4.69) is 20.5 Å². The maximum absolute atomic E-state index is 12.6. The van der Waals surface area contributed by atoms with Crippen LogP contribution in [-0.4, -0.2) is 55.1 Å². The zero-order chi connectivity index (χ0) is 20.8. The number of carbonyl (C=O) groups excluding carboxylic acids is 2. The van der Waals surface area contributed by atoms with Gasteiger partial charge >= 0.3 is 0 Å².